The Bertz CT molecular complexity index is 947. The van der Waals surface area contributed by atoms with E-state index in [-0.39, 0.29) is 24.3 Å². The molecule has 0 unspecified atom stereocenters. The third-order valence-electron chi connectivity index (χ3n) is 3.62. The lowest BCUT2D eigenvalue weighted by Crippen LogP contribution is -2.20. The highest BCUT2D eigenvalue weighted by Gasteiger charge is 2.06. The number of para-hydroxylation sites is 1. The van der Waals surface area contributed by atoms with Crippen LogP contribution in [0.2, 0.25) is 0 Å². The average Bonchev–Trinajstić information content (AvgIpc) is 2.69. The van der Waals surface area contributed by atoms with Crippen LogP contribution in [0.3, 0.4) is 0 Å². The Morgan fingerprint density at radius 2 is 1.36 bits per heavy atom. The zero-order valence-corrected chi connectivity index (χ0v) is 14.8. The molecule has 0 atom stereocenters. The lowest BCUT2D eigenvalue weighted by molar-refractivity contribution is -0.118. The number of hydrogen-bond donors (Lipinski definition) is 3. The molecular formula is C21H18FN3O3. The van der Waals surface area contributed by atoms with E-state index < -0.39 is 5.82 Å². The van der Waals surface area contributed by atoms with Gasteiger partial charge in [0, 0.05) is 23.1 Å². The normalized spacial score (nSPS) is 10.0. The first kappa shape index (κ1) is 18.9. The Morgan fingerprint density at radius 1 is 0.750 bits per heavy atom. The maximum absolute atomic E-state index is 13.1. The maximum atomic E-state index is 13.1. The Balaban J connectivity index is 1.47. The van der Waals surface area contributed by atoms with Crippen LogP contribution in [-0.4, -0.2) is 18.5 Å². The van der Waals surface area contributed by atoms with Crippen LogP contribution in [0.15, 0.2) is 78.9 Å². The monoisotopic (exact) mass is 379 g/mol. The number of anilines is 3. The Morgan fingerprint density at radius 3 is 2.00 bits per heavy atom. The lowest BCUT2D eigenvalue weighted by atomic mass is 10.2. The van der Waals surface area contributed by atoms with Gasteiger partial charge in [0.15, 0.2) is 6.61 Å². The summed E-state index contributed by atoms with van der Waals surface area (Å²) >= 11 is 0. The number of benzene rings is 3. The van der Waals surface area contributed by atoms with Crippen LogP contribution in [-0.2, 0) is 4.79 Å². The summed E-state index contributed by atoms with van der Waals surface area (Å²) in [6.07, 6.45) is 0. The van der Waals surface area contributed by atoms with Crippen LogP contribution >= 0.6 is 0 Å². The molecule has 0 aromatic heterocycles. The highest BCUT2D eigenvalue weighted by molar-refractivity contribution is 6.00. The number of carbonyl (C=O) groups excluding carboxylic acids is 2. The largest absolute Gasteiger partial charge is 0.484 e. The average molecular weight is 379 g/mol. The number of hydrogen-bond acceptors (Lipinski definition) is 3. The van der Waals surface area contributed by atoms with Crippen LogP contribution in [0.25, 0.3) is 0 Å². The standard InChI is InChI=1S/C21H18FN3O3/c22-15-5-4-8-19(13-15)28-14-20(26)23-17-9-11-18(12-10-17)25-21(27)24-16-6-2-1-3-7-16/h1-13H,14H2,(H,23,26)(H2,24,25,27). The van der Waals surface area contributed by atoms with Crippen LogP contribution < -0.4 is 20.7 Å². The molecule has 3 aromatic rings. The van der Waals surface area contributed by atoms with Gasteiger partial charge < -0.3 is 20.7 Å². The summed E-state index contributed by atoms with van der Waals surface area (Å²) in [7, 11) is 0. The number of urea groups is 1. The minimum absolute atomic E-state index is 0.247. The molecule has 0 aliphatic rings. The predicted octanol–water partition coefficient (Wildman–Crippen LogP) is 4.49. The molecule has 0 saturated carbocycles. The third kappa shape index (κ3) is 5.84. The fourth-order valence-corrected chi connectivity index (χ4v) is 2.35. The fourth-order valence-electron chi connectivity index (χ4n) is 2.35. The van der Waals surface area contributed by atoms with Gasteiger partial charge in [-0.05, 0) is 48.5 Å². The van der Waals surface area contributed by atoms with Crippen molar-refractivity contribution >= 4 is 29.0 Å². The zero-order chi connectivity index (χ0) is 19.8. The smallest absolute Gasteiger partial charge is 0.323 e. The topological polar surface area (TPSA) is 79.5 Å². The van der Waals surface area contributed by atoms with E-state index in [9.17, 15) is 14.0 Å². The first-order valence-corrected chi connectivity index (χ1v) is 8.50. The molecule has 0 saturated heterocycles. The van der Waals surface area contributed by atoms with Crippen LogP contribution in [0.4, 0.5) is 26.2 Å². The van der Waals surface area contributed by atoms with Gasteiger partial charge in [-0.3, -0.25) is 4.79 Å². The van der Waals surface area contributed by atoms with E-state index in [1.165, 1.54) is 18.2 Å². The Labute approximate surface area is 161 Å². The molecule has 0 heterocycles. The van der Waals surface area contributed by atoms with Crippen molar-refractivity contribution in [2.24, 2.45) is 0 Å². The fraction of sp³-hybridized carbons (Fsp3) is 0.0476. The molecule has 0 fully saturated rings. The van der Waals surface area contributed by atoms with Gasteiger partial charge in [-0.1, -0.05) is 24.3 Å². The Kier molecular flexibility index (Phi) is 6.20. The maximum Gasteiger partial charge on any atom is 0.323 e. The molecule has 3 rings (SSSR count). The summed E-state index contributed by atoms with van der Waals surface area (Å²) in [5.74, 6) is -0.539. The van der Waals surface area contributed by atoms with Crippen molar-refractivity contribution in [1.82, 2.24) is 0 Å². The number of amides is 3. The molecule has 6 nitrogen and oxygen atoms in total. The SMILES string of the molecule is O=C(COc1cccc(F)c1)Nc1ccc(NC(=O)Nc2ccccc2)cc1. The van der Waals surface area contributed by atoms with E-state index in [0.29, 0.717) is 17.1 Å². The van der Waals surface area contributed by atoms with Gasteiger partial charge >= 0.3 is 6.03 Å². The van der Waals surface area contributed by atoms with Crippen LogP contribution in [0, 0.1) is 5.82 Å². The highest BCUT2D eigenvalue weighted by Crippen LogP contribution is 2.15. The minimum atomic E-state index is -0.433. The number of halogens is 1. The van der Waals surface area contributed by atoms with Crippen molar-refractivity contribution in [3.05, 3.63) is 84.7 Å². The van der Waals surface area contributed by atoms with Crippen LogP contribution in [0.1, 0.15) is 0 Å². The van der Waals surface area contributed by atoms with Crippen molar-refractivity contribution in [3.63, 3.8) is 0 Å². The summed E-state index contributed by atoms with van der Waals surface area (Å²) in [5, 5.41) is 8.07. The summed E-state index contributed by atoms with van der Waals surface area (Å²) in [6, 6.07) is 20.9. The van der Waals surface area contributed by atoms with Gasteiger partial charge in [0.25, 0.3) is 5.91 Å². The summed E-state index contributed by atoms with van der Waals surface area (Å²) < 4.78 is 18.3. The van der Waals surface area contributed by atoms with E-state index in [1.807, 2.05) is 18.2 Å². The molecule has 3 aromatic carbocycles. The van der Waals surface area contributed by atoms with E-state index in [0.717, 1.165) is 0 Å². The third-order valence-corrected chi connectivity index (χ3v) is 3.62. The lowest BCUT2D eigenvalue weighted by Gasteiger charge is -2.10. The highest BCUT2D eigenvalue weighted by atomic mass is 19.1. The number of ether oxygens (including phenoxy) is 1. The second-order valence-electron chi connectivity index (χ2n) is 5.82. The number of carbonyl (C=O) groups is 2. The summed E-state index contributed by atoms with van der Waals surface area (Å²) in [5.41, 5.74) is 1.80. The number of rotatable bonds is 6. The molecule has 0 aliphatic heterocycles. The molecule has 0 spiro atoms. The van der Waals surface area contributed by atoms with Crippen molar-refractivity contribution in [2.45, 2.75) is 0 Å². The van der Waals surface area contributed by atoms with Crippen molar-refractivity contribution < 1.29 is 18.7 Å². The van der Waals surface area contributed by atoms with E-state index in [2.05, 4.69) is 16.0 Å². The quantitative estimate of drug-likeness (QED) is 0.590. The minimum Gasteiger partial charge on any atom is -0.484 e. The molecule has 142 valence electrons. The van der Waals surface area contributed by atoms with E-state index in [1.54, 1.807) is 42.5 Å². The first-order valence-electron chi connectivity index (χ1n) is 8.50. The summed E-state index contributed by atoms with van der Waals surface area (Å²) in [4.78, 5) is 23.9. The van der Waals surface area contributed by atoms with Gasteiger partial charge in [-0.15, -0.1) is 0 Å². The molecule has 0 bridgehead atoms. The first-order chi connectivity index (χ1) is 13.6. The molecule has 3 amide bonds. The van der Waals surface area contributed by atoms with Gasteiger partial charge in [0.2, 0.25) is 0 Å². The van der Waals surface area contributed by atoms with Crippen molar-refractivity contribution in [3.8, 4) is 5.75 Å². The second-order valence-corrected chi connectivity index (χ2v) is 5.82. The predicted molar refractivity (Wildman–Crippen MR) is 106 cm³/mol. The van der Waals surface area contributed by atoms with Crippen LogP contribution in [0.5, 0.6) is 5.75 Å². The molecule has 0 aliphatic carbocycles. The van der Waals surface area contributed by atoms with Gasteiger partial charge in [0.05, 0.1) is 0 Å². The molecule has 7 heteroatoms. The molecular weight excluding hydrogens is 361 g/mol. The van der Waals surface area contributed by atoms with Crippen molar-refractivity contribution in [1.29, 1.82) is 0 Å². The summed E-state index contributed by atoms with van der Waals surface area (Å²) in [6.45, 7) is -0.247. The Hall–Kier alpha value is -3.87. The zero-order valence-electron chi connectivity index (χ0n) is 14.8. The molecule has 28 heavy (non-hydrogen) atoms. The van der Waals surface area contributed by atoms with E-state index in [4.69, 9.17) is 4.74 Å². The molecule has 3 N–H and O–H groups in total. The van der Waals surface area contributed by atoms with Gasteiger partial charge in [-0.2, -0.15) is 0 Å². The second kappa shape index (κ2) is 9.18. The number of nitrogens with one attached hydrogen (secondary N) is 3. The van der Waals surface area contributed by atoms with Gasteiger partial charge in [-0.25, -0.2) is 9.18 Å². The van der Waals surface area contributed by atoms with Gasteiger partial charge in [0.1, 0.15) is 11.6 Å². The van der Waals surface area contributed by atoms with Crippen molar-refractivity contribution in [2.75, 3.05) is 22.6 Å². The van der Waals surface area contributed by atoms with E-state index >= 15 is 0 Å². The molecule has 0 radical (unpaired) electrons.